The molecule has 5 nitrogen and oxygen atoms in total. The largest absolute Gasteiger partial charge is 0.497 e. The summed E-state index contributed by atoms with van der Waals surface area (Å²) in [6, 6.07) is 25.3. The number of allylic oxidation sites excluding steroid dienone is 8. The predicted molar refractivity (Wildman–Crippen MR) is 283 cm³/mol. The molecule has 2 atom stereocenters. The number of unbranched alkanes of at least 4 members (excludes halogenated alkanes) is 18. The Labute approximate surface area is 404 Å². The van der Waals surface area contributed by atoms with Gasteiger partial charge >= 0.3 is 0 Å². The third-order valence-corrected chi connectivity index (χ3v) is 12.3. The smallest absolute Gasteiger partial charge is 0.118 e. The Kier molecular flexibility index (Phi) is 34.4. The number of methoxy groups -OCH3 is 2. The first-order chi connectivity index (χ1) is 32.7. The summed E-state index contributed by atoms with van der Waals surface area (Å²) in [6.45, 7) is 7.69. The van der Waals surface area contributed by atoms with Crippen molar-refractivity contribution in [2.24, 2.45) is 5.92 Å². The van der Waals surface area contributed by atoms with E-state index in [2.05, 4.69) is 111 Å². The molecule has 0 radical (unpaired) electrons. The molecule has 66 heavy (non-hydrogen) atoms. The third kappa shape index (κ3) is 27.7. The lowest BCUT2D eigenvalue weighted by Gasteiger charge is -2.28. The van der Waals surface area contributed by atoms with E-state index in [4.69, 9.17) is 23.7 Å². The van der Waals surface area contributed by atoms with E-state index in [1.54, 1.807) is 14.2 Å². The minimum Gasteiger partial charge on any atom is -0.497 e. The van der Waals surface area contributed by atoms with Crippen LogP contribution in [-0.4, -0.2) is 40.6 Å². The monoisotopic (exact) mass is 905 g/mol. The fourth-order valence-electron chi connectivity index (χ4n) is 8.15. The van der Waals surface area contributed by atoms with Gasteiger partial charge in [0.15, 0.2) is 0 Å². The van der Waals surface area contributed by atoms with Gasteiger partial charge in [-0.1, -0.05) is 188 Å². The fourth-order valence-corrected chi connectivity index (χ4v) is 8.15. The highest BCUT2D eigenvalue weighted by Gasteiger charge is 2.25. The van der Waals surface area contributed by atoms with E-state index in [1.165, 1.54) is 140 Å². The van der Waals surface area contributed by atoms with E-state index in [0.717, 1.165) is 61.5 Å². The molecule has 0 amide bonds. The molecule has 0 N–H and O–H groups in total. The highest BCUT2D eigenvalue weighted by molar-refractivity contribution is 5.64. The van der Waals surface area contributed by atoms with E-state index in [1.807, 2.05) is 24.3 Å². The van der Waals surface area contributed by atoms with E-state index in [-0.39, 0.29) is 12.0 Å². The molecule has 2 unspecified atom stereocenters. The van der Waals surface area contributed by atoms with Crippen LogP contribution in [-0.2, 0) is 20.8 Å². The summed E-state index contributed by atoms with van der Waals surface area (Å²) < 4.78 is 30.7. The van der Waals surface area contributed by atoms with Gasteiger partial charge in [0.2, 0.25) is 0 Å². The highest BCUT2D eigenvalue weighted by atomic mass is 16.5. The zero-order valence-corrected chi connectivity index (χ0v) is 42.2. The molecule has 0 aromatic heterocycles. The van der Waals surface area contributed by atoms with Gasteiger partial charge in [0, 0.05) is 19.1 Å². The molecule has 3 aromatic rings. The third-order valence-electron chi connectivity index (χ3n) is 12.3. The van der Waals surface area contributed by atoms with Crippen LogP contribution in [0.2, 0.25) is 0 Å². The number of hydrogen-bond acceptors (Lipinski definition) is 5. The Morgan fingerprint density at radius 3 is 1.30 bits per heavy atom. The molecule has 3 aromatic carbocycles. The van der Waals surface area contributed by atoms with Crippen LogP contribution < -0.4 is 9.47 Å². The summed E-state index contributed by atoms with van der Waals surface area (Å²) >= 11 is 0. The summed E-state index contributed by atoms with van der Waals surface area (Å²) in [6.07, 6.45) is 48.2. The first kappa shape index (κ1) is 56.4. The molecule has 0 aliphatic heterocycles. The second kappa shape index (κ2) is 40.2. The highest BCUT2D eigenvalue weighted by Crippen LogP contribution is 2.30. The standard InChI is InChI=1S/C61H92O5/c1-5-7-9-11-13-15-17-19-21-23-25-27-29-31-33-35-49-64-52-58(53-65-51-54-37-39-55(40-38-54)56-41-45-59(62-3)46-42-56)61(57-43-47-60(63-4)48-44-57)66-50-36-34-32-30-28-26-24-22-20-18-16-14-12-10-8-6-2/h13-16,19-22,37-48,58,61H,5-12,17-18,23-36,49-53H2,1-4H3/b15-13-,16-14-,21-19-,22-20-. The molecule has 3 rings (SSSR count). The first-order valence-electron chi connectivity index (χ1n) is 26.4. The zero-order chi connectivity index (χ0) is 46.8. The number of ether oxygens (including phenoxy) is 5. The van der Waals surface area contributed by atoms with Gasteiger partial charge in [-0.05, 0) is 124 Å². The first-order valence-corrected chi connectivity index (χ1v) is 26.4. The Hall–Kier alpha value is -3.90. The average Bonchev–Trinajstić information content (AvgIpc) is 3.35. The molecule has 0 spiro atoms. The predicted octanol–water partition coefficient (Wildman–Crippen LogP) is 17.9. The lowest BCUT2D eigenvalue weighted by atomic mass is 9.96. The number of benzene rings is 3. The van der Waals surface area contributed by atoms with Crippen molar-refractivity contribution in [2.75, 3.05) is 40.6 Å². The maximum Gasteiger partial charge on any atom is 0.118 e. The second-order valence-electron chi connectivity index (χ2n) is 18.0. The van der Waals surface area contributed by atoms with Crippen LogP contribution in [0, 0.1) is 5.92 Å². The van der Waals surface area contributed by atoms with E-state index >= 15 is 0 Å². The molecule has 0 saturated heterocycles. The summed E-state index contributed by atoms with van der Waals surface area (Å²) in [4.78, 5) is 0. The zero-order valence-electron chi connectivity index (χ0n) is 42.2. The van der Waals surface area contributed by atoms with Crippen LogP contribution in [0.3, 0.4) is 0 Å². The van der Waals surface area contributed by atoms with Crippen LogP contribution in [0.15, 0.2) is 121 Å². The quantitative estimate of drug-likeness (QED) is 0.0419. The normalized spacial score (nSPS) is 12.9. The molecule has 0 aliphatic carbocycles. The minimum atomic E-state index is -0.137. The van der Waals surface area contributed by atoms with E-state index in [0.29, 0.717) is 19.8 Å². The Bertz CT molecular complexity index is 1660. The van der Waals surface area contributed by atoms with Gasteiger partial charge in [0.05, 0.1) is 40.1 Å². The molecule has 5 heteroatoms. The molecule has 0 fully saturated rings. The van der Waals surface area contributed by atoms with Crippen LogP contribution >= 0.6 is 0 Å². The Morgan fingerprint density at radius 2 is 0.818 bits per heavy atom. The van der Waals surface area contributed by atoms with Crippen LogP contribution in [0.25, 0.3) is 11.1 Å². The summed E-state index contributed by atoms with van der Waals surface area (Å²) in [5, 5.41) is 0. The SMILES string of the molecule is CCCCC/C=C\C/C=C\CCCCCCCCOCC(COCc1ccc(-c2ccc(OC)cc2)cc1)C(OCCCCCCCC/C=C\C/C=C\CCCCC)c1ccc(OC)cc1. The topological polar surface area (TPSA) is 46.2 Å². The van der Waals surface area contributed by atoms with Gasteiger partial charge in [0.25, 0.3) is 0 Å². The van der Waals surface area contributed by atoms with Gasteiger partial charge in [-0.2, -0.15) is 0 Å². The van der Waals surface area contributed by atoms with Gasteiger partial charge in [-0.15, -0.1) is 0 Å². The summed E-state index contributed by atoms with van der Waals surface area (Å²) in [5.41, 5.74) is 4.63. The second-order valence-corrected chi connectivity index (χ2v) is 18.0. The molecule has 0 aliphatic rings. The van der Waals surface area contributed by atoms with Crippen molar-refractivity contribution in [3.05, 3.63) is 133 Å². The molecule has 366 valence electrons. The van der Waals surface area contributed by atoms with Crippen molar-refractivity contribution in [3.8, 4) is 22.6 Å². The van der Waals surface area contributed by atoms with Crippen molar-refractivity contribution in [1.82, 2.24) is 0 Å². The van der Waals surface area contributed by atoms with Gasteiger partial charge in [-0.25, -0.2) is 0 Å². The Balaban J connectivity index is 1.47. The fraction of sp³-hybridized carbons (Fsp3) is 0.574. The van der Waals surface area contributed by atoms with Gasteiger partial charge in [-0.3, -0.25) is 0 Å². The van der Waals surface area contributed by atoms with E-state index in [9.17, 15) is 0 Å². The average molecular weight is 905 g/mol. The maximum atomic E-state index is 6.82. The van der Waals surface area contributed by atoms with E-state index < -0.39 is 0 Å². The van der Waals surface area contributed by atoms with Crippen molar-refractivity contribution in [3.63, 3.8) is 0 Å². The number of rotatable bonds is 42. The lowest BCUT2D eigenvalue weighted by Crippen LogP contribution is -2.26. The molecule has 0 saturated carbocycles. The lowest BCUT2D eigenvalue weighted by molar-refractivity contribution is -0.0607. The summed E-state index contributed by atoms with van der Waals surface area (Å²) in [5.74, 6) is 1.76. The molecule has 0 bridgehead atoms. The number of hydrogen-bond donors (Lipinski definition) is 0. The van der Waals surface area contributed by atoms with Crippen LogP contribution in [0.5, 0.6) is 11.5 Å². The van der Waals surface area contributed by atoms with Crippen LogP contribution in [0.4, 0.5) is 0 Å². The van der Waals surface area contributed by atoms with Gasteiger partial charge < -0.3 is 23.7 Å². The molecular weight excluding hydrogens is 813 g/mol. The minimum absolute atomic E-state index is 0.0474. The van der Waals surface area contributed by atoms with Crippen molar-refractivity contribution >= 4 is 0 Å². The van der Waals surface area contributed by atoms with Crippen LogP contribution in [0.1, 0.15) is 185 Å². The van der Waals surface area contributed by atoms with Crippen molar-refractivity contribution in [2.45, 2.75) is 181 Å². The van der Waals surface area contributed by atoms with Crippen molar-refractivity contribution in [1.29, 1.82) is 0 Å². The molecule has 0 heterocycles. The molecular formula is C61H92O5. The Morgan fingerprint density at radius 1 is 0.409 bits per heavy atom. The maximum absolute atomic E-state index is 6.82. The van der Waals surface area contributed by atoms with Gasteiger partial charge in [0.1, 0.15) is 11.5 Å². The summed E-state index contributed by atoms with van der Waals surface area (Å²) in [7, 11) is 3.42. The van der Waals surface area contributed by atoms with Crippen molar-refractivity contribution < 1.29 is 23.7 Å².